The molecule has 0 unspecified atom stereocenters. The Bertz CT molecular complexity index is 570. The van der Waals surface area contributed by atoms with Crippen molar-refractivity contribution in [2.75, 3.05) is 0 Å². The van der Waals surface area contributed by atoms with Crippen LogP contribution in [0, 0.1) is 6.92 Å². The smallest absolute Gasteiger partial charge is 0.0162 e. The summed E-state index contributed by atoms with van der Waals surface area (Å²) in [6.07, 6.45) is 12.1. The third-order valence-electron chi connectivity index (χ3n) is 5.36. The molecular weight excluding hydrogens is 276 g/mol. The van der Waals surface area contributed by atoms with E-state index in [2.05, 4.69) is 55.5 Å². The fraction of sp³-hybridized carbons (Fsp3) is 0.478. The zero-order valence-corrected chi connectivity index (χ0v) is 14.6. The maximum absolute atomic E-state index is 2.39. The van der Waals surface area contributed by atoms with Crippen molar-refractivity contribution in [3.8, 4) is 0 Å². The molecule has 2 aromatic carbocycles. The Hall–Kier alpha value is -1.56. The molecule has 1 saturated carbocycles. The number of rotatable bonds is 6. The average molecular weight is 306 g/mol. The van der Waals surface area contributed by atoms with Crippen molar-refractivity contribution >= 4 is 0 Å². The monoisotopic (exact) mass is 306 g/mol. The quantitative estimate of drug-likeness (QED) is 0.527. The lowest BCUT2D eigenvalue weighted by Gasteiger charge is -2.22. The summed E-state index contributed by atoms with van der Waals surface area (Å²) in [4.78, 5) is 0. The summed E-state index contributed by atoms with van der Waals surface area (Å²) >= 11 is 0. The van der Waals surface area contributed by atoms with Gasteiger partial charge in [0, 0.05) is 0 Å². The van der Waals surface area contributed by atoms with Crippen LogP contribution in [0.4, 0.5) is 0 Å². The second-order valence-corrected chi connectivity index (χ2v) is 7.27. The van der Waals surface area contributed by atoms with Gasteiger partial charge in [-0.2, -0.15) is 0 Å². The van der Waals surface area contributed by atoms with Gasteiger partial charge in [-0.1, -0.05) is 73.4 Å². The standard InChI is InChI=1S/C23H30/c1-19-11-13-20(14-12-19)7-5-6-8-21-15-17-23(18-16-21)22-9-3-2-4-10-22/h11-18,22H,2-10H2,1H3. The van der Waals surface area contributed by atoms with Gasteiger partial charge < -0.3 is 0 Å². The molecule has 0 heterocycles. The molecule has 0 amide bonds. The Kier molecular flexibility index (Phi) is 5.91. The molecule has 23 heavy (non-hydrogen) atoms. The van der Waals surface area contributed by atoms with Crippen LogP contribution in [0.2, 0.25) is 0 Å². The third-order valence-corrected chi connectivity index (χ3v) is 5.36. The van der Waals surface area contributed by atoms with Gasteiger partial charge in [-0.3, -0.25) is 0 Å². The van der Waals surface area contributed by atoms with Crippen molar-refractivity contribution in [2.24, 2.45) is 0 Å². The van der Waals surface area contributed by atoms with E-state index >= 15 is 0 Å². The molecule has 0 aliphatic heterocycles. The lowest BCUT2D eigenvalue weighted by molar-refractivity contribution is 0.443. The van der Waals surface area contributed by atoms with Gasteiger partial charge in [0.2, 0.25) is 0 Å². The SMILES string of the molecule is Cc1ccc(CCCCc2ccc(C3CCCCC3)cc2)cc1. The molecule has 0 heteroatoms. The average Bonchev–Trinajstić information content (AvgIpc) is 2.62. The van der Waals surface area contributed by atoms with Gasteiger partial charge >= 0.3 is 0 Å². The number of unbranched alkanes of at least 4 members (excludes halogenated alkanes) is 1. The largest absolute Gasteiger partial charge is 0.0591 e. The third kappa shape index (κ3) is 4.96. The minimum Gasteiger partial charge on any atom is -0.0591 e. The summed E-state index contributed by atoms with van der Waals surface area (Å²) in [5, 5.41) is 0. The van der Waals surface area contributed by atoms with Crippen molar-refractivity contribution in [1.82, 2.24) is 0 Å². The van der Waals surface area contributed by atoms with Crippen molar-refractivity contribution in [3.63, 3.8) is 0 Å². The van der Waals surface area contributed by atoms with Crippen molar-refractivity contribution in [2.45, 2.75) is 70.6 Å². The fourth-order valence-electron chi connectivity index (χ4n) is 3.81. The highest BCUT2D eigenvalue weighted by Gasteiger charge is 2.14. The fourth-order valence-corrected chi connectivity index (χ4v) is 3.81. The van der Waals surface area contributed by atoms with Crippen LogP contribution >= 0.6 is 0 Å². The van der Waals surface area contributed by atoms with E-state index in [4.69, 9.17) is 0 Å². The van der Waals surface area contributed by atoms with Crippen molar-refractivity contribution < 1.29 is 0 Å². The van der Waals surface area contributed by atoms with Gasteiger partial charge in [0.05, 0.1) is 0 Å². The summed E-state index contributed by atoms with van der Waals surface area (Å²) in [6, 6.07) is 18.5. The molecular formula is C23H30. The molecule has 1 fully saturated rings. The Morgan fingerprint density at radius 2 is 1.22 bits per heavy atom. The topological polar surface area (TPSA) is 0 Å². The van der Waals surface area contributed by atoms with Gasteiger partial charge in [-0.25, -0.2) is 0 Å². The van der Waals surface area contributed by atoms with E-state index in [1.165, 1.54) is 74.5 Å². The molecule has 1 aliphatic rings. The van der Waals surface area contributed by atoms with Crippen LogP contribution in [0.5, 0.6) is 0 Å². The molecule has 122 valence electrons. The van der Waals surface area contributed by atoms with Gasteiger partial charge in [0.15, 0.2) is 0 Å². The van der Waals surface area contributed by atoms with E-state index in [1.54, 1.807) is 5.56 Å². The first-order valence-electron chi connectivity index (χ1n) is 9.46. The summed E-state index contributed by atoms with van der Waals surface area (Å²) in [5.41, 5.74) is 5.91. The highest BCUT2D eigenvalue weighted by atomic mass is 14.2. The van der Waals surface area contributed by atoms with E-state index in [1.807, 2.05) is 0 Å². The minimum absolute atomic E-state index is 0.833. The molecule has 1 aliphatic carbocycles. The predicted molar refractivity (Wildman–Crippen MR) is 100 cm³/mol. The Morgan fingerprint density at radius 3 is 1.78 bits per heavy atom. The number of hydrogen-bond acceptors (Lipinski definition) is 0. The lowest BCUT2D eigenvalue weighted by Crippen LogP contribution is -2.04. The zero-order chi connectivity index (χ0) is 15.9. The minimum atomic E-state index is 0.833. The molecule has 0 bridgehead atoms. The van der Waals surface area contributed by atoms with Crippen molar-refractivity contribution in [3.05, 3.63) is 70.8 Å². The number of aryl methyl sites for hydroxylation is 3. The first-order valence-corrected chi connectivity index (χ1v) is 9.46. The molecule has 2 aromatic rings. The van der Waals surface area contributed by atoms with Crippen LogP contribution in [-0.2, 0) is 12.8 Å². The highest BCUT2D eigenvalue weighted by Crippen LogP contribution is 2.32. The summed E-state index contributed by atoms with van der Waals surface area (Å²) in [6.45, 7) is 2.15. The number of hydrogen-bond donors (Lipinski definition) is 0. The molecule has 0 nitrogen and oxygen atoms in total. The van der Waals surface area contributed by atoms with E-state index in [9.17, 15) is 0 Å². The first kappa shape index (κ1) is 16.3. The predicted octanol–water partition coefficient (Wildman–Crippen LogP) is 6.61. The van der Waals surface area contributed by atoms with E-state index in [0.717, 1.165) is 5.92 Å². The Labute approximate surface area is 141 Å². The van der Waals surface area contributed by atoms with Crippen LogP contribution < -0.4 is 0 Å². The zero-order valence-electron chi connectivity index (χ0n) is 14.6. The lowest BCUT2D eigenvalue weighted by atomic mass is 9.84. The van der Waals surface area contributed by atoms with Crippen LogP contribution in [-0.4, -0.2) is 0 Å². The van der Waals surface area contributed by atoms with Gasteiger partial charge in [-0.05, 0) is 68.1 Å². The van der Waals surface area contributed by atoms with Crippen LogP contribution in [0.3, 0.4) is 0 Å². The van der Waals surface area contributed by atoms with Crippen LogP contribution in [0.1, 0.15) is 73.1 Å². The maximum Gasteiger partial charge on any atom is -0.0162 e. The molecule has 0 radical (unpaired) electrons. The van der Waals surface area contributed by atoms with E-state index in [0.29, 0.717) is 0 Å². The first-order chi connectivity index (χ1) is 11.3. The highest BCUT2D eigenvalue weighted by molar-refractivity contribution is 5.26. The Balaban J connectivity index is 1.42. The number of benzene rings is 2. The van der Waals surface area contributed by atoms with E-state index in [-0.39, 0.29) is 0 Å². The summed E-state index contributed by atoms with van der Waals surface area (Å²) < 4.78 is 0. The summed E-state index contributed by atoms with van der Waals surface area (Å²) in [7, 11) is 0. The molecule has 0 N–H and O–H groups in total. The van der Waals surface area contributed by atoms with Crippen LogP contribution in [0.15, 0.2) is 48.5 Å². The molecule has 0 atom stereocenters. The summed E-state index contributed by atoms with van der Waals surface area (Å²) in [5.74, 6) is 0.833. The van der Waals surface area contributed by atoms with Crippen LogP contribution in [0.25, 0.3) is 0 Å². The second kappa shape index (κ2) is 8.34. The maximum atomic E-state index is 2.39. The normalized spacial score (nSPS) is 15.7. The van der Waals surface area contributed by atoms with Crippen molar-refractivity contribution in [1.29, 1.82) is 0 Å². The molecule has 0 saturated heterocycles. The second-order valence-electron chi connectivity index (χ2n) is 7.27. The van der Waals surface area contributed by atoms with E-state index < -0.39 is 0 Å². The van der Waals surface area contributed by atoms with Gasteiger partial charge in [0.25, 0.3) is 0 Å². The molecule has 0 aromatic heterocycles. The molecule has 0 spiro atoms. The molecule has 3 rings (SSSR count). The Morgan fingerprint density at radius 1 is 0.696 bits per heavy atom. The van der Waals surface area contributed by atoms with Gasteiger partial charge in [0.1, 0.15) is 0 Å². The van der Waals surface area contributed by atoms with Gasteiger partial charge in [-0.15, -0.1) is 0 Å².